The van der Waals surface area contributed by atoms with Crippen molar-refractivity contribution < 1.29 is 9.53 Å². The van der Waals surface area contributed by atoms with Gasteiger partial charge in [0.15, 0.2) is 0 Å². The Hall–Kier alpha value is -1.08. The highest BCUT2D eigenvalue weighted by Gasteiger charge is 2.15. The lowest BCUT2D eigenvalue weighted by atomic mass is 10.0. The van der Waals surface area contributed by atoms with E-state index in [9.17, 15) is 4.79 Å². The maximum atomic E-state index is 11.5. The molecule has 90 valence electrons. The predicted molar refractivity (Wildman–Crippen MR) is 60.7 cm³/mol. The van der Waals surface area contributed by atoms with Gasteiger partial charge in [-0.2, -0.15) is 5.26 Å². The van der Waals surface area contributed by atoms with Crippen LogP contribution in [0.5, 0.6) is 0 Å². The molecule has 1 heterocycles. The van der Waals surface area contributed by atoms with E-state index in [1.807, 2.05) is 13.0 Å². The zero-order chi connectivity index (χ0) is 11.8. The number of hydrogen-bond acceptors (Lipinski definition) is 3. The van der Waals surface area contributed by atoms with Crippen LogP contribution in [0.2, 0.25) is 0 Å². The molecule has 1 saturated heterocycles. The van der Waals surface area contributed by atoms with E-state index in [4.69, 9.17) is 10.00 Å². The monoisotopic (exact) mass is 224 g/mol. The number of carbonyl (C=O) groups is 1. The van der Waals surface area contributed by atoms with Crippen molar-refractivity contribution in [1.29, 1.82) is 5.26 Å². The minimum atomic E-state index is -0.0511. The molecule has 0 saturated carbocycles. The van der Waals surface area contributed by atoms with Crippen LogP contribution >= 0.6 is 0 Å². The van der Waals surface area contributed by atoms with Crippen molar-refractivity contribution in [3.63, 3.8) is 0 Å². The maximum Gasteiger partial charge on any atom is 0.220 e. The summed E-state index contributed by atoms with van der Waals surface area (Å²) in [6, 6.07) is 1.99. The molecular weight excluding hydrogens is 204 g/mol. The van der Waals surface area contributed by atoms with Crippen LogP contribution in [0.25, 0.3) is 0 Å². The largest absolute Gasteiger partial charge is 0.378 e. The number of nitrogens with one attached hydrogen (secondary N) is 1. The molecule has 0 aromatic carbocycles. The van der Waals surface area contributed by atoms with Gasteiger partial charge in [-0.15, -0.1) is 0 Å². The molecule has 2 atom stereocenters. The fourth-order valence-corrected chi connectivity index (χ4v) is 1.86. The summed E-state index contributed by atoms with van der Waals surface area (Å²) >= 11 is 0. The molecule has 2 unspecified atom stereocenters. The Balaban J connectivity index is 2.12. The third-order valence-electron chi connectivity index (χ3n) is 2.77. The highest BCUT2D eigenvalue weighted by Crippen LogP contribution is 2.16. The van der Waals surface area contributed by atoms with Gasteiger partial charge in [-0.3, -0.25) is 4.79 Å². The molecule has 1 fully saturated rings. The summed E-state index contributed by atoms with van der Waals surface area (Å²) in [4.78, 5) is 11.5. The van der Waals surface area contributed by atoms with Crippen LogP contribution in [0.3, 0.4) is 0 Å². The van der Waals surface area contributed by atoms with Crippen molar-refractivity contribution in [3.8, 4) is 6.07 Å². The van der Waals surface area contributed by atoms with Crippen molar-refractivity contribution in [2.24, 2.45) is 0 Å². The summed E-state index contributed by atoms with van der Waals surface area (Å²) in [7, 11) is 0. The van der Waals surface area contributed by atoms with Gasteiger partial charge < -0.3 is 10.1 Å². The molecule has 0 bridgehead atoms. The first-order valence-electron chi connectivity index (χ1n) is 6.00. The van der Waals surface area contributed by atoms with Gasteiger partial charge in [-0.05, 0) is 32.6 Å². The van der Waals surface area contributed by atoms with Crippen molar-refractivity contribution in [1.82, 2.24) is 5.32 Å². The van der Waals surface area contributed by atoms with Crippen LogP contribution in [0.1, 0.15) is 45.4 Å². The van der Waals surface area contributed by atoms with E-state index < -0.39 is 0 Å². The Labute approximate surface area is 97.0 Å². The number of carbonyl (C=O) groups excluding carboxylic acids is 1. The van der Waals surface area contributed by atoms with Gasteiger partial charge in [0.25, 0.3) is 0 Å². The lowest BCUT2D eigenvalue weighted by molar-refractivity contribution is -0.122. The van der Waals surface area contributed by atoms with Crippen LogP contribution in [0.15, 0.2) is 0 Å². The fraction of sp³-hybridized carbons (Fsp3) is 0.833. The molecule has 0 aromatic rings. The lowest BCUT2D eigenvalue weighted by Crippen LogP contribution is -2.33. The first-order valence-corrected chi connectivity index (χ1v) is 6.00. The zero-order valence-electron chi connectivity index (χ0n) is 9.87. The molecule has 0 aromatic heterocycles. The Bertz CT molecular complexity index is 254. The Morgan fingerprint density at radius 3 is 3.06 bits per heavy atom. The molecule has 1 N–H and O–H groups in total. The van der Waals surface area contributed by atoms with E-state index in [-0.39, 0.29) is 18.1 Å². The molecule has 4 heteroatoms. The third kappa shape index (κ3) is 5.13. The molecule has 0 radical (unpaired) electrons. The maximum absolute atomic E-state index is 11.5. The fourth-order valence-electron chi connectivity index (χ4n) is 1.86. The topological polar surface area (TPSA) is 62.1 Å². The van der Waals surface area contributed by atoms with E-state index in [1.165, 1.54) is 6.42 Å². The van der Waals surface area contributed by atoms with E-state index in [0.29, 0.717) is 12.8 Å². The number of amides is 1. The van der Waals surface area contributed by atoms with Crippen molar-refractivity contribution in [2.45, 2.75) is 57.6 Å². The molecule has 1 amide bonds. The van der Waals surface area contributed by atoms with Gasteiger partial charge in [0, 0.05) is 19.1 Å². The van der Waals surface area contributed by atoms with E-state index >= 15 is 0 Å². The molecular formula is C12H20N2O2. The highest BCUT2D eigenvalue weighted by atomic mass is 16.5. The van der Waals surface area contributed by atoms with Gasteiger partial charge in [-0.1, -0.05) is 0 Å². The number of nitriles is 1. The van der Waals surface area contributed by atoms with Gasteiger partial charge in [0.1, 0.15) is 0 Å². The van der Waals surface area contributed by atoms with Gasteiger partial charge in [0.2, 0.25) is 5.91 Å². The average molecular weight is 224 g/mol. The number of hydrogen-bond donors (Lipinski definition) is 1. The van der Waals surface area contributed by atoms with E-state index in [2.05, 4.69) is 5.32 Å². The minimum Gasteiger partial charge on any atom is -0.378 e. The summed E-state index contributed by atoms with van der Waals surface area (Å²) in [5.41, 5.74) is 0. The normalized spacial score (nSPS) is 22.1. The van der Waals surface area contributed by atoms with Crippen LogP contribution in [0.4, 0.5) is 0 Å². The molecule has 16 heavy (non-hydrogen) atoms. The van der Waals surface area contributed by atoms with Crippen molar-refractivity contribution in [2.75, 3.05) is 6.61 Å². The van der Waals surface area contributed by atoms with Gasteiger partial charge >= 0.3 is 0 Å². The summed E-state index contributed by atoms with van der Waals surface area (Å²) in [6.07, 6.45) is 5.34. The molecule has 0 aliphatic carbocycles. The summed E-state index contributed by atoms with van der Waals surface area (Å²) < 4.78 is 5.55. The molecule has 0 spiro atoms. The Morgan fingerprint density at radius 2 is 2.44 bits per heavy atom. The second kappa shape index (κ2) is 7.24. The lowest BCUT2D eigenvalue weighted by Gasteiger charge is -2.22. The molecule has 1 rings (SSSR count). The smallest absolute Gasteiger partial charge is 0.220 e. The Morgan fingerprint density at radius 1 is 1.62 bits per heavy atom. The minimum absolute atomic E-state index is 0.0249. The van der Waals surface area contributed by atoms with Gasteiger partial charge in [-0.25, -0.2) is 0 Å². The van der Waals surface area contributed by atoms with Crippen LogP contribution in [0, 0.1) is 11.3 Å². The van der Waals surface area contributed by atoms with Crippen LogP contribution in [-0.4, -0.2) is 24.7 Å². The summed E-state index contributed by atoms with van der Waals surface area (Å²) in [6.45, 7) is 2.68. The summed E-state index contributed by atoms with van der Waals surface area (Å²) in [5, 5.41) is 11.3. The number of nitrogens with zero attached hydrogens (tertiary/aromatic N) is 1. The Kier molecular flexibility index (Phi) is 5.87. The second-order valence-electron chi connectivity index (χ2n) is 4.36. The van der Waals surface area contributed by atoms with E-state index in [1.54, 1.807) is 0 Å². The number of ether oxygens (including phenoxy) is 1. The quantitative estimate of drug-likeness (QED) is 0.774. The van der Waals surface area contributed by atoms with Crippen LogP contribution in [-0.2, 0) is 9.53 Å². The molecule has 1 aliphatic rings. The second-order valence-corrected chi connectivity index (χ2v) is 4.36. The highest BCUT2D eigenvalue weighted by molar-refractivity contribution is 5.76. The third-order valence-corrected chi connectivity index (χ3v) is 2.77. The van der Waals surface area contributed by atoms with E-state index in [0.717, 1.165) is 25.9 Å². The standard InChI is InChI=1S/C12H20N2O2/c1-10(7-8-13)14-12(15)6-5-11-4-2-3-9-16-11/h10-11H,2-7,9H2,1H3,(H,14,15). The molecule has 1 aliphatic heterocycles. The van der Waals surface area contributed by atoms with Crippen molar-refractivity contribution in [3.05, 3.63) is 0 Å². The summed E-state index contributed by atoms with van der Waals surface area (Å²) in [5.74, 6) is 0.0249. The predicted octanol–water partition coefficient (Wildman–Crippen LogP) is 1.75. The first-order chi connectivity index (χ1) is 7.72. The average Bonchev–Trinajstić information content (AvgIpc) is 2.28. The number of rotatable bonds is 5. The van der Waals surface area contributed by atoms with Gasteiger partial charge in [0.05, 0.1) is 18.6 Å². The van der Waals surface area contributed by atoms with Crippen LogP contribution < -0.4 is 5.32 Å². The molecule has 4 nitrogen and oxygen atoms in total. The zero-order valence-corrected chi connectivity index (χ0v) is 9.87. The van der Waals surface area contributed by atoms with Crippen molar-refractivity contribution >= 4 is 5.91 Å². The first kappa shape index (κ1) is 13.0. The SMILES string of the molecule is CC(CC#N)NC(=O)CCC1CCCCO1.